The molecule has 3 unspecified atom stereocenters. The van der Waals surface area contributed by atoms with Crippen LogP contribution in [0.4, 0.5) is 0 Å². The van der Waals surface area contributed by atoms with Gasteiger partial charge in [0.2, 0.25) is 5.91 Å². The number of nitrogens with one attached hydrogen (secondary N) is 1. The van der Waals surface area contributed by atoms with Gasteiger partial charge < -0.3 is 14.7 Å². The van der Waals surface area contributed by atoms with Crippen LogP contribution in [-0.4, -0.2) is 58.6 Å². The van der Waals surface area contributed by atoms with Crippen molar-refractivity contribution in [2.75, 3.05) is 6.61 Å². The summed E-state index contributed by atoms with van der Waals surface area (Å²) in [6.07, 6.45) is 11.1. The van der Waals surface area contributed by atoms with Crippen molar-refractivity contribution in [3.8, 4) is 0 Å². The number of carboxylic acids is 1. The van der Waals surface area contributed by atoms with Crippen molar-refractivity contribution in [1.29, 1.82) is 0 Å². The Kier molecular flexibility index (Phi) is 8.14. The maximum atomic E-state index is 13.4. The first kappa shape index (κ1) is 23.0. The van der Waals surface area contributed by atoms with E-state index in [1.807, 2.05) is 0 Å². The maximum Gasteiger partial charge on any atom is 0.326 e. The molecule has 5 atom stereocenters. The molecule has 3 rings (SSSR count). The molecular weight excluding hydrogens is 384 g/mol. The van der Waals surface area contributed by atoms with Crippen LogP contribution >= 0.6 is 0 Å². The second-order valence-corrected chi connectivity index (χ2v) is 9.38. The van der Waals surface area contributed by atoms with Gasteiger partial charge >= 0.3 is 11.9 Å². The summed E-state index contributed by atoms with van der Waals surface area (Å²) < 4.78 is 5.28. The number of aliphatic carboxylic acids is 1. The van der Waals surface area contributed by atoms with Crippen LogP contribution in [0.25, 0.3) is 0 Å². The summed E-state index contributed by atoms with van der Waals surface area (Å²) >= 11 is 0. The third kappa shape index (κ3) is 5.34. The number of likely N-dealkylation sites (tertiary alicyclic amines) is 1. The average molecular weight is 423 g/mol. The Bertz CT molecular complexity index is 619. The predicted molar refractivity (Wildman–Crippen MR) is 113 cm³/mol. The Labute approximate surface area is 179 Å². The highest BCUT2D eigenvalue weighted by molar-refractivity contribution is 5.88. The monoisotopic (exact) mass is 422 g/mol. The normalized spacial score (nSPS) is 29.1. The highest BCUT2D eigenvalue weighted by atomic mass is 16.5. The van der Waals surface area contributed by atoms with Gasteiger partial charge in [-0.1, -0.05) is 44.9 Å². The molecule has 0 bridgehead atoms. The molecule has 7 nitrogen and oxygen atoms in total. The van der Waals surface area contributed by atoms with E-state index in [1.165, 1.54) is 19.3 Å². The SMILES string of the molecule is CCOC(=O)C(CC1CCCCC1)N[C@@H](C)C(=O)N1C2CCCCC2C[C@H]1C(=O)O. The standard InChI is InChI=1S/C23H38N2O5/c1-3-30-23(29)18(13-16-9-5-4-6-10-16)24-15(2)21(26)25-19-12-8-7-11-17(19)14-20(25)22(27)28/h15-20,24H,3-14H2,1-2H3,(H,27,28)/t15-,17?,18?,19?,20-/m0/s1. The minimum absolute atomic E-state index is 0.0102. The lowest BCUT2D eigenvalue weighted by molar-refractivity contribution is -0.152. The van der Waals surface area contributed by atoms with Crippen molar-refractivity contribution in [3.63, 3.8) is 0 Å². The minimum Gasteiger partial charge on any atom is -0.480 e. The quantitative estimate of drug-likeness (QED) is 0.584. The molecular formula is C23H38N2O5. The van der Waals surface area contributed by atoms with Gasteiger partial charge in [0, 0.05) is 6.04 Å². The van der Waals surface area contributed by atoms with Crippen molar-refractivity contribution in [1.82, 2.24) is 10.2 Å². The minimum atomic E-state index is -0.922. The number of fused-ring (bicyclic) bond motifs is 1. The molecule has 0 radical (unpaired) electrons. The first-order valence-electron chi connectivity index (χ1n) is 11.9. The smallest absolute Gasteiger partial charge is 0.326 e. The van der Waals surface area contributed by atoms with Crippen molar-refractivity contribution in [2.24, 2.45) is 11.8 Å². The molecule has 0 aromatic carbocycles. The van der Waals surface area contributed by atoms with E-state index < -0.39 is 24.1 Å². The molecule has 2 aliphatic carbocycles. The fraction of sp³-hybridized carbons (Fsp3) is 0.870. The van der Waals surface area contributed by atoms with E-state index >= 15 is 0 Å². The van der Waals surface area contributed by atoms with Crippen molar-refractivity contribution >= 4 is 17.8 Å². The fourth-order valence-corrected chi connectivity index (χ4v) is 5.83. The second-order valence-electron chi connectivity index (χ2n) is 9.38. The number of esters is 1. The van der Waals surface area contributed by atoms with Crippen LogP contribution in [0.5, 0.6) is 0 Å². The Morgan fingerprint density at radius 3 is 2.40 bits per heavy atom. The van der Waals surface area contributed by atoms with E-state index in [-0.39, 0.29) is 23.8 Å². The molecule has 0 spiro atoms. The van der Waals surface area contributed by atoms with Crippen molar-refractivity contribution < 1.29 is 24.2 Å². The summed E-state index contributed by atoms with van der Waals surface area (Å²) in [5.41, 5.74) is 0. The van der Waals surface area contributed by atoms with Crippen LogP contribution in [0.15, 0.2) is 0 Å². The van der Waals surface area contributed by atoms with Gasteiger partial charge in [0.05, 0.1) is 12.6 Å². The lowest BCUT2D eigenvalue weighted by atomic mass is 9.84. The summed E-state index contributed by atoms with van der Waals surface area (Å²) in [5, 5.41) is 13.0. The van der Waals surface area contributed by atoms with E-state index in [1.54, 1.807) is 18.7 Å². The summed E-state index contributed by atoms with van der Waals surface area (Å²) in [6, 6.07) is -1.89. The van der Waals surface area contributed by atoms with Gasteiger partial charge in [-0.3, -0.25) is 14.9 Å². The molecule has 0 aromatic heterocycles. The third-order valence-electron chi connectivity index (χ3n) is 7.31. The molecule has 3 aliphatic rings. The molecule has 1 heterocycles. The van der Waals surface area contributed by atoms with Gasteiger partial charge in [-0.15, -0.1) is 0 Å². The molecule has 1 amide bonds. The van der Waals surface area contributed by atoms with E-state index in [0.717, 1.165) is 38.5 Å². The average Bonchev–Trinajstić information content (AvgIpc) is 3.13. The summed E-state index contributed by atoms with van der Waals surface area (Å²) in [5.74, 6) is -0.693. The molecule has 1 aliphatic heterocycles. The summed E-state index contributed by atoms with van der Waals surface area (Å²) in [4.78, 5) is 39.5. The third-order valence-corrected chi connectivity index (χ3v) is 7.31. The van der Waals surface area contributed by atoms with Gasteiger partial charge in [-0.2, -0.15) is 0 Å². The number of carbonyl (C=O) groups excluding carboxylic acids is 2. The number of hydrogen-bond donors (Lipinski definition) is 2. The van der Waals surface area contributed by atoms with Gasteiger partial charge in [0.15, 0.2) is 0 Å². The van der Waals surface area contributed by atoms with E-state index in [4.69, 9.17) is 4.74 Å². The van der Waals surface area contributed by atoms with Gasteiger partial charge in [0.1, 0.15) is 12.1 Å². The number of nitrogens with zero attached hydrogens (tertiary/aromatic N) is 1. The Morgan fingerprint density at radius 2 is 1.73 bits per heavy atom. The Hall–Kier alpha value is -1.63. The van der Waals surface area contributed by atoms with E-state index in [2.05, 4.69) is 5.32 Å². The van der Waals surface area contributed by atoms with Crippen LogP contribution in [0.3, 0.4) is 0 Å². The van der Waals surface area contributed by atoms with Crippen LogP contribution < -0.4 is 5.32 Å². The molecule has 30 heavy (non-hydrogen) atoms. The highest BCUT2D eigenvalue weighted by Crippen LogP contribution is 2.40. The fourth-order valence-electron chi connectivity index (χ4n) is 5.83. The highest BCUT2D eigenvalue weighted by Gasteiger charge is 2.48. The number of amides is 1. The van der Waals surface area contributed by atoms with Gasteiger partial charge in [-0.25, -0.2) is 4.79 Å². The zero-order valence-corrected chi connectivity index (χ0v) is 18.5. The first-order chi connectivity index (χ1) is 14.4. The van der Waals surface area contributed by atoms with E-state index in [9.17, 15) is 19.5 Å². The number of ether oxygens (including phenoxy) is 1. The summed E-state index contributed by atoms with van der Waals surface area (Å²) in [6.45, 7) is 3.85. The first-order valence-corrected chi connectivity index (χ1v) is 11.9. The van der Waals surface area contributed by atoms with Crippen molar-refractivity contribution in [3.05, 3.63) is 0 Å². The molecule has 2 N–H and O–H groups in total. The van der Waals surface area contributed by atoms with Gasteiger partial charge in [0.25, 0.3) is 0 Å². The van der Waals surface area contributed by atoms with Crippen LogP contribution in [0.1, 0.15) is 84.5 Å². The van der Waals surface area contributed by atoms with Crippen LogP contribution in [-0.2, 0) is 19.1 Å². The largest absolute Gasteiger partial charge is 0.480 e. The predicted octanol–water partition coefficient (Wildman–Crippen LogP) is 3.11. The number of rotatable bonds is 8. The topological polar surface area (TPSA) is 95.9 Å². The molecule has 1 saturated heterocycles. The zero-order chi connectivity index (χ0) is 21.7. The molecule has 7 heteroatoms. The molecule has 2 saturated carbocycles. The lowest BCUT2D eigenvalue weighted by Crippen LogP contribution is -2.56. The second kappa shape index (κ2) is 10.6. The van der Waals surface area contributed by atoms with E-state index in [0.29, 0.717) is 25.4 Å². The molecule has 0 aromatic rings. The Morgan fingerprint density at radius 1 is 1.07 bits per heavy atom. The van der Waals surface area contributed by atoms with Gasteiger partial charge in [-0.05, 0) is 51.4 Å². The maximum absolute atomic E-state index is 13.4. The van der Waals surface area contributed by atoms with Crippen LogP contribution in [0, 0.1) is 11.8 Å². The zero-order valence-electron chi connectivity index (χ0n) is 18.5. The Balaban J connectivity index is 1.69. The number of carboxylic acid groups (broad SMARTS) is 1. The lowest BCUT2D eigenvalue weighted by Gasteiger charge is -2.35. The number of hydrogen-bond acceptors (Lipinski definition) is 5. The van der Waals surface area contributed by atoms with Crippen molar-refractivity contribution in [2.45, 2.75) is 109 Å². The molecule has 170 valence electrons. The summed E-state index contributed by atoms with van der Waals surface area (Å²) in [7, 11) is 0. The number of carbonyl (C=O) groups is 3. The van der Waals surface area contributed by atoms with Crippen LogP contribution in [0.2, 0.25) is 0 Å². The molecule has 3 fully saturated rings.